The lowest BCUT2D eigenvalue weighted by atomic mass is 10.1. The van der Waals surface area contributed by atoms with Crippen molar-refractivity contribution in [2.75, 3.05) is 16.2 Å². The van der Waals surface area contributed by atoms with Gasteiger partial charge in [-0.15, -0.1) is 0 Å². The van der Waals surface area contributed by atoms with Gasteiger partial charge in [0.25, 0.3) is 10.0 Å². The van der Waals surface area contributed by atoms with Crippen LogP contribution in [0.25, 0.3) is 11.1 Å². The van der Waals surface area contributed by atoms with Crippen LogP contribution in [0.4, 0.5) is 11.4 Å². The number of benzene rings is 2. The van der Waals surface area contributed by atoms with Crippen molar-refractivity contribution in [2.45, 2.75) is 18.2 Å². The smallest absolute Gasteiger partial charge is 0.408 e. The van der Waals surface area contributed by atoms with Gasteiger partial charge in [0.05, 0.1) is 10.4 Å². The standard InChI is InChI=1S/C18H17N3O5S/c1-11(22)21-8-7-12-9-13(3-5-15(12)21)19-27(24,25)14-4-6-17-16(10-14)20(2)18(23)26-17/h3-6,9-10,19H,7-8H2,1-2H3. The van der Waals surface area contributed by atoms with Crippen molar-refractivity contribution in [3.8, 4) is 0 Å². The van der Waals surface area contributed by atoms with Crippen LogP contribution < -0.4 is 15.4 Å². The van der Waals surface area contributed by atoms with Gasteiger partial charge in [-0.05, 0) is 48.4 Å². The van der Waals surface area contributed by atoms with Crippen molar-refractivity contribution in [2.24, 2.45) is 7.05 Å². The summed E-state index contributed by atoms with van der Waals surface area (Å²) in [6.45, 7) is 2.09. The molecule has 0 unspecified atom stereocenters. The van der Waals surface area contributed by atoms with Crippen molar-refractivity contribution >= 4 is 38.4 Å². The van der Waals surface area contributed by atoms with Gasteiger partial charge in [-0.2, -0.15) is 0 Å². The maximum absolute atomic E-state index is 12.7. The van der Waals surface area contributed by atoms with Crippen LogP contribution in [0.1, 0.15) is 12.5 Å². The molecule has 0 saturated heterocycles. The number of hydrogen-bond donors (Lipinski definition) is 1. The molecule has 1 N–H and O–H groups in total. The average molecular weight is 387 g/mol. The van der Waals surface area contributed by atoms with Crippen LogP contribution in [0.3, 0.4) is 0 Å². The summed E-state index contributed by atoms with van der Waals surface area (Å²) in [4.78, 5) is 24.9. The van der Waals surface area contributed by atoms with Gasteiger partial charge in [0.2, 0.25) is 5.91 Å². The van der Waals surface area contributed by atoms with Gasteiger partial charge in [-0.25, -0.2) is 13.2 Å². The van der Waals surface area contributed by atoms with Crippen LogP contribution in [-0.4, -0.2) is 25.4 Å². The van der Waals surface area contributed by atoms with Crippen LogP contribution in [-0.2, 0) is 28.3 Å². The fourth-order valence-corrected chi connectivity index (χ4v) is 4.35. The predicted octanol–water partition coefficient (Wildman–Crippen LogP) is 1.84. The molecular formula is C18H17N3O5S. The van der Waals surface area contributed by atoms with E-state index in [4.69, 9.17) is 4.42 Å². The van der Waals surface area contributed by atoms with Crippen LogP contribution in [0.2, 0.25) is 0 Å². The number of rotatable bonds is 3. The highest BCUT2D eigenvalue weighted by atomic mass is 32.2. The lowest BCUT2D eigenvalue weighted by Crippen LogP contribution is -2.25. The first-order chi connectivity index (χ1) is 12.8. The molecule has 0 fully saturated rings. The molecule has 27 heavy (non-hydrogen) atoms. The molecule has 0 saturated carbocycles. The number of aryl methyl sites for hydroxylation is 1. The largest absolute Gasteiger partial charge is 0.419 e. The summed E-state index contributed by atoms with van der Waals surface area (Å²) in [6.07, 6.45) is 0.674. The predicted molar refractivity (Wildman–Crippen MR) is 100 cm³/mol. The molecule has 0 aliphatic carbocycles. The zero-order chi connectivity index (χ0) is 19.3. The Balaban J connectivity index is 1.67. The molecule has 0 spiro atoms. The van der Waals surface area contributed by atoms with Crippen molar-refractivity contribution in [1.29, 1.82) is 0 Å². The highest BCUT2D eigenvalue weighted by molar-refractivity contribution is 7.92. The van der Waals surface area contributed by atoms with E-state index < -0.39 is 15.8 Å². The fraction of sp³-hybridized carbons (Fsp3) is 0.222. The quantitative estimate of drug-likeness (QED) is 0.739. The van der Waals surface area contributed by atoms with E-state index in [1.165, 1.54) is 36.7 Å². The van der Waals surface area contributed by atoms with Crippen molar-refractivity contribution in [3.05, 3.63) is 52.5 Å². The van der Waals surface area contributed by atoms with Crippen molar-refractivity contribution in [3.63, 3.8) is 0 Å². The molecule has 2 aromatic carbocycles. The first-order valence-corrected chi connectivity index (χ1v) is 9.78. The Hall–Kier alpha value is -3.07. The van der Waals surface area contributed by atoms with Crippen molar-refractivity contribution in [1.82, 2.24) is 4.57 Å². The third-order valence-electron chi connectivity index (χ3n) is 4.68. The second-order valence-corrected chi connectivity index (χ2v) is 8.11. The number of anilines is 2. The topological polar surface area (TPSA) is 102 Å². The maximum Gasteiger partial charge on any atom is 0.419 e. The first kappa shape index (κ1) is 17.3. The first-order valence-electron chi connectivity index (χ1n) is 8.30. The molecular weight excluding hydrogens is 370 g/mol. The fourth-order valence-electron chi connectivity index (χ4n) is 3.28. The van der Waals surface area contributed by atoms with Crippen molar-refractivity contribution < 1.29 is 17.6 Å². The summed E-state index contributed by atoms with van der Waals surface area (Å²) in [5.41, 5.74) is 2.86. The van der Waals surface area contributed by atoms with Gasteiger partial charge >= 0.3 is 5.76 Å². The molecule has 0 bridgehead atoms. The molecule has 8 nitrogen and oxygen atoms in total. The Morgan fingerprint density at radius 1 is 1.19 bits per heavy atom. The molecule has 9 heteroatoms. The molecule has 2 heterocycles. The van der Waals surface area contributed by atoms with Gasteiger partial charge in [-0.1, -0.05) is 0 Å². The number of nitrogens with zero attached hydrogens (tertiary/aromatic N) is 2. The van der Waals surface area contributed by atoms with E-state index in [9.17, 15) is 18.0 Å². The van der Waals surface area contributed by atoms with Crippen LogP contribution >= 0.6 is 0 Å². The lowest BCUT2D eigenvalue weighted by molar-refractivity contribution is -0.116. The lowest BCUT2D eigenvalue weighted by Gasteiger charge is -2.15. The molecule has 140 valence electrons. The SMILES string of the molecule is CC(=O)N1CCc2cc(NS(=O)(=O)c3ccc4oc(=O)n(C)c4c3)ccc21. The maximum atomic E-state index is 12.7. The van der Waals surface area contributed by atoms with E-state index in [0.717, 1.165) is 11.3 Å². The van der Waals surface area contributed by atoms with E-state index in [1.54, 1.807) is 23.1 Å². The highest BCUT2D eigenvalue weighted by Gasteiger charge is 2.23. The summed E-state index contributed by atoms with van der Waals surface area (Å²) in [5.74, 6) is -0.595. The third-order valence-corrected chi connectivity index (χ3v) is 6.06. The number of aromatic nitrogens is 1. The second-order valence-electron chi connectivity index (χ2n) is 6.43. The number of hydrogen-bond acceptors (Lipinski definition) is 5. The number of oxazole rings is 1. The monoisotopic (exact) mass is 387 g/mol. The normalized spacial score (nSPS) is 13.8. The van der Waals surface area contributed by atoms with E-state index in [0.29, 0.717) is 29.8 Å². The zero-order valence-corrected chi connectivity index (χ0v) is 15.5. The molecule has 0 radical (unpaired) electrons. The molecule has 4 rings (SSSR count). The van der Waals surface area contributed by atoms with Gasteiger partial charge in [0.1, 0.15) is 0 Å². The third kappa shape index (κ3) is 2.89. The summed E-state index contributed by atoms with van der Waals surface area (Å²) >= 11 is 0. The molecule has 1 amide bonds. The molecule has 3 aromatic rings. The van der Waals surface area contributed by atoms with Crippen LogP contribution in [0, 0.1) is 0 Å². The number of carbonyl (C=O) groups excluding carboxylic acids is 1. The Morgan fingerprint density at radius 3 is 2.70 bits per heavy atom. The summed E-state index contributed by atoms with van der Waals surface area (Å²) in [7, 11) is -2.33. The number of carbonyl (C=O) groups is 1. The Bertz CT molecular complexity index is 1240. The number of nitrogens with one attached hydrogen (secondary N) is 1. The summed E-state index contributed by atoms with van der Waals surface area (Å²) in [6, 6.07) is 9.35. The van der Waals surface area contributed by atoms with E-state index in [1.807, 2.05) is 0 Å². The van der Waals surface area contributed by atoms with E-state index in [2.05, 4.69) is 4.72 Å². The molecule has 1 aliphatic rings. The Kier molecular flexibility index (Phi) is 3.84. The van der Waals surface area contributed by atoms with Gasteiger partial charge in [0, 0.05) is 31.9 Å². The highest BCUT2D eigenvalue weighted by Crippen LogP contribution is 2.31. The Morgan fingerprint density at radius 2 is 1.96 bits per heavy atom. The minimum atomic E-state index is -3.85. The Labute approximate surface area is 155 Å². The average Bonchev–Trinajstić information content (AvgIpc) is 3.15. The van der Waals surface area contributed by atoms with Gasteiger partial charge < -0.3 is 9.32 Å². The van der Waals surface area contributed by atoms with Crippen LogP contribution in [0.15, 0.2) is 50.5 Å². The molecule has 1 aliphatic heterocycles. The number of fused-ring (bicyclic) bond motifs is 2. The summed E-state index contributed by atoms with van der Waals surface area (Å²) in [5, 5.41) is 0. The number of sulfonamides is 1. The molecule has 0 atom stereocenters. The molecule has 1 aromatic heterocycles. The van der Waals surface area contributed by atoms with E-state index in [-0.39, 0.29) is 10.8 Å². The van der Waals surface area contributed by atoms with E-state index >= 15 is 0 Å². The summed E-state index contributed by atoms with van der Waals surface area (Å²) < 4.78 is 34.3. The van der Waals surface area contributed by atoms with Gasteiger partial charge in [-0.3, -0.25) is 14.1 Å². The second kappa shape index (κ2) is 5.98. The number of amides is 1. The minimum absolute atomic E-state index is 0.0252. The zero-order valence-electron chi connectivity index (χ0n) is 14.7. The van der Waals surface area contributed by atoms with Gasteiger partial charge in [0.15, 0.2) is 5.58 Å². The van der Waals surface area contributed by atoms with Crippen LogP contribution in [0.5, 0.6) is 0 Å². The minimum Gasteiger partial charge on any atom is -0.408 e.